The van der Waals surface area contributed by atoms with Crippen LogP contribution >= 0.6 is 0 Å². The molecule has 0 bridgehead atoms. The molecule has 0 aliphatic heterocycles. The first-order valence-corrected chi connectivity index (χ1v) is 8.69. The number of ether oxygens (including phenoxy) is 1. The molecule has 0 spiro atoms. The highest BCUT2D eigenvalue weighted by atomic mass is 19.4. The number of methoxy groups -OCH3 is 1. The summed E-state index contributed by atoms with van der Waals surface area (Å²) in [6, 6.07) is 1.35. The fraction of sp³-hybridized carbons (Fsp3) is 0.778. The van der Waals surface area contributed by atoms with Gasteiger partial charge >= 0.3 is 6.18 Å². The number of rotatable bonds is 6. The van der Waals surface area contributed by atoms with E-state index in [0.717, 1.165) is 6.33 Å². The van der Waals surface area contributed by atoms with Crippen molar-refractivity contribution in [3.63, 3.8) is 0 Å². The van der Waals surface area contributed by atoms with Crippen molar-refractivity contribution in [1.29, 1.82) is 0 Å². The van der Waals surface area contributed by atoms with Crippen LogP contribution in [0.5, 0.6) is 0 Å². The second kappa shape index (κ2) is 7.76. The number of aliphatic hydroxyl groups is 1. The van der Waals surface area contributed by atoms with Gasteiger partial charge in [0, 0.05) is 25.4 Å². The molecule has 1 fully saturated rings. The molecule has 1 N–H and O–H groups in total. The molecule has 0 saturated heterocycles. The summed E-state index contributed by atoms with van der Waals surface area (Å²) in [5.74, 6) is -0.421. The standard InChI is InChI=1S/C18H26F4N2O2/c1-16(2,14-8-12(19)4-5-15(14)26-3)10-17(25,18(20,21)22)9-13-6-7-23-11-24-13/h6-7,11-12,14-15,25H,4-5,8-10H2,1-3H3. The summed E-state index contributed by atoms with van der Waals surface area (Å²) >= 11 is 0. The van der Waals surface area contributed by atoms with E-state index in [0.29, 0.717) is 12.8 Å². The lowest BCUT2D eigenvalue weighted by molar-refractivity contribution is -0.273. The summed E-state index contributed by atoms with van der Waals surface area (Å²) in [5, 5.41) is 10.6. The van der Waals surface area contributed by atoms with E-state index in [4.69, 9.17) is 4.74 Å². The fourth-order valence-electron chi connectivity index (χ4n) is 4.07. The maximum absolute atomic E-state index is 13.9. The van der Waals surface area contributed by atoms with Gasteiger partial charge in [-0.3, -0.25) is 0 Å². The van der Waals surface area contributed by atoms with Gasteiger partial charge in [0.25, 0.3) is 0 Å². The number of aromatic nitrogens is 2. The zero-order valence-corrected chi connectivity index (χ0v) is 15.3. The third kappa shape index (κ3) is 4.71. The second-order valence-corrected chi connectivity index (χ2v) is 7.86. The maximum atomic E-state index is 13.9. The fourth-order valence-corrected chi connectivity index (χ4v) is 4.07. The molecule has 4 unspecified atom stereocenters. The molecular formula is C18H26F4N2O2. The topological polar surface area (TPSA) is 55.2 Å². The lowest BCUT2D eigenvalue weighted by atomic mass is 9.64. The number of alkyl halides is 4. The molecule has 0 amide bonds. The van der Waals surface area contributed by atoms with Gasteiger partial charge in [0.2, 0.25) is 0 Å². The van der Waals surface area contributed by atoms with E-state index < -0.39 is 42.1 Å². The highest BCUT2D eigenvalue weighted by Gasteiger charge is 2.57. The molecule has 4 atom stereocenters. The van der Waals surface area contributed by atoms with Gasteiger partial charge in [0.05, 0.1) is 6.10 Å². The number of hydrogen-bond donors (Lipinski definition) is 1. The van der Waals surface area contributed by atoms with Gasteiger partial charge < -0.3 is 9.84 Å². The van der Waals surface area contributed by atoms with Crippen LogP contribution in [0.4, 0.5) is 17.6 Å². The van der Waals surface area contributed by atoms with Crippen molar-refractivity contribution >= 4 is 0 Å². The minimum Gasteiger partial charge on any atom is -0.381 e. The molecule has 0 aromatic carbocycles. The molecule has 4 nitrogen and oxygen atoms in total. The number of halogens is 4. The minimum atomic E-state index is -4.85. The lowest BCUT2D eigenvalue weighted by Crippen LogP contribution is -2.53. The van der Waals surface area contributed by atoms with Gasteiger partial charge in [0.1, 0.15) is 12.5 Å². The van der Waals surface area contributed by atoms with Crippen LogP contribution in [0, 0.1) is 11.3 Å². The van der Waals surface area contributed by atoms with Crippen molar-refractivity contribution in [3.05, 3.63) is 24.3 Å². The Labute approximate surface area is 151 Å². The molecule has 8 heteroatoms. The third-order valence-corrected chi connectivity index (χ3v) is 5.42. The van der Waals surface area contributed by atoms with E-state index in [1.165, 1.54) is 19.4 Å². The largest absolute Gasteiger partial charge is 0.417 e. The highest BCUT2D eigenvalue weighted by Crippen LogP contribution is 2.49. The Morgan fingerprint density at radius 2 is 1.96 bits per heavy atom. The van der Waals surface area contributed by atoms with Gasteiger partial charge in [-0.15, -0.1) is 0 Å². The predicted molar refractivity (Wildman–Crippen MR) is 88.2 cm³/mol. The van der Waals surface area contributed by atoms with Crippen LogP contribution < -0.4 is 0 Å². The average molecular weight is 378 g/mol. The second-order valence-electron chi connectivity index (χ2n) is 7.86. The number of hydrogen-bond acceptors (Lipinski definition) is 4. The van der Waals surface area contributed by atoms with Crippen LogP contribution in [0.25, 0.3) is 0 Å². The van der Waals surface area contributed by atoms with Crippen molar-refractivity contribution < 1.29 is 27.4 Å². The van der Waals surface area contributed by atoms with Crippen molar-refractivity contribution in [2.24, 2.45) is 11.3 Å². The monoisotopic (exact) mass is 378 g/mol. The van der Waals surface area contributed by atoms with E-state index in [2.05, 4.69) is 9.97 Å². The molecule has 0 radical (unpaired) electrons. The van der Waals surface area contributed by atoms with Crippen LogP contribution in [0.15, 0.2) is 18.6 Å². The molecule has 2 rings (SSSR count). The minimum absolute atomic E-state index is 0.103. The van der Waals surface area contributed by atoms with E-state index in [9.17, 15) is 22.7 Å². The summed E-state index contributed by atoms with van der Waals surface area (Å²) in [4.78, 5) is 7.49. The zero-order chi connectivity index (χ0) is 19.6. The van der Waals surface area contributed by atoms with Crippen LogP contribution in [-0.2, 0) is 11.2 Å². The Morgan fingerprint density at radius 3 is 2.50 bits per heavy atom. The Balaban J connectivity index is 2.28. The van der Waals surface area contributed by atoms with Gasteiger partial charge in [-0.25, -0.2) is 14.4 Å². The summed E-state index contributed by atoms with van der Waals surface area (Å²) in [6.07, 6.45) is -4.06. The molecule has 1 heterocycles. The van der Waals surface area contributed by atoms with Gasteiger partial charge in [-0.1, -0.05) is 13.8 Å². The summed E-state index contributed by atoms with van der Waals surface area (Å²) in [6.45, 7) is 3.27. The van der Waals surface area contributed by atoms with Crippen molar-refractivity contribution in [3.8, 4) is 0 Å². The van der Waals surface area contributed by atoms with E-state index >= 15 is 0 Å². The van der Waals surface area contributed by atoms with E-state index in [1.54, 1.807) is 13.8 Å². The molecule has 1 aliphatic carbocycles. The van der Waals surface area contributed by atoms with Crippen LogP contribution in [0.2, 0.25) is 0 Å². The molecule has 26 heavy (non-hydrogen) atoms. The molecule has 1 aromatic rings. The Kier molecular flexibility index (Phi) is 6.28. The van der Waals surface area contributed by atoms with Crippen LogP contribution in [0.1, 0.15) is 45.2 Å². The maximum Gasteiger partial charge on any atom is 0.417 e. The first-order valence-electron chi connectivity index (χ1n) is 8.69. The average Bonchev–Trinajstić information content (AvgIpc) is 2.54. The predicted octanol–water partition coefficient (Wildman–Crippen LogP) is 3.88. The van der Waals surface area contributed by atoms with Gasteiger partial charge in [-0.2, -0.15) is 13.2 Å². The number of nitrogens with zero attached hydrogens (tertiary/aromatic N) is 2. The molecule has 148 valence electrons. The van der Waals surface area contributed by atoms with Crippen molar-refractivity contribution in [1.82, 2.24) is 9.97 Å². The zero-order valence-electron chi connectivity index (χ0n) is 15.3. The van der Waals surface area contributed by atoms with E-state index in [-0.39, 0.29) is 18.2 Å². The quantitative estimate of drug-likeness (QED) is 0.764. The Hall–Kier alpha value is -1.28. The SMILES string of the molecule is COC1CCC(F)CC1C(C)(C)CC(O)(Cc1ccncn1)C(F)(F)F. The first-order chi connectivity index (χ1) is 12.0. The molecule has 1 aromatic heterocycles. The summed E-state index contributed by atoms with van der Waals surface area (Å²) in [7, 11) is 1.49. The summed E-state index contributed by atoms with van der Waals surface area (Å²) < 4.78 is 60.6. The summed E-state index contributed by atoms with van der Waals surface area (Å²) in [5.41, 5.74) is -3.85. The van der Waals surface area contributed by atoms with E-state index in [1.807, 2.05) is 0 Å². The van der Waals surface area contributed by atoms with Gasteiger partial charge in [-0.05, 0) is 43.1 Å². The molecular weight excluding hydrogens is 352 g/mol. The first kappa shape index (κ1) is 21.0. The Morgan fingerprint density at radius 1 is 1.27 bits per heavy atom. The van der Waals surface area contributed by atoms with Crippen LogP contribution in [0.3, 0.4) is 0 Å². The normalized spacial score (nSPS) is 27.2. The van der Waals surface area contributed by atoms with Crippen molar-refractivity contribution in [2.45, 2.75) is 70.0 Å². The van der Waals surface area contributed by atoms with Crippen LogP contribution in [-0.4, -0.2) is 46.2 Å². The Bertz CT molecular complexity index is 582. The molecule has 1 aliphatic rings. The smallest absolute Gasteiger partial charge is 0.381 e. The van der Waals surface area contributed by atoms with Gasteiger partial charge in [0.15, 0.2) is 5.60 Å². The van der Waals surface area contributed by atoms with Crippen molar-refractivity contribution in [2.75, 3.05) is 7.11 Å². The molecule has 1 saturated carbocycles. The lowest BCUT2D eigenvalue weighted by Gasteiger charge is -2.46. The highest BCUT2D eigenvalue weighted by molar-refractivity contribution is 5.07. The third-order valence-electron chi connectivity index (χ3n) is 5.42.